The van der Waals surface area contributed by atoms with Gasteiger partial charge in [-0.25, -0.2) is 4.99 Å². The summed E-state index contributed by atoms with van der Waals surface area (Å²) in [5, 5.41) is 0. The normalized spacial score (nSPS) is 12.5. The summed E-state index contributed by atoms with van der Waals surface area (Å²) >= 11 is 0. The molecular formula is C20H17CrNO4. The van der Waals surface area contributed by atoms with Gasteiger partial charge in [0.2, 0.25) is 5.90 Å². The zero-order valence-corrected chi connectivity index (χ0v) is 15.7. The summed E-state index contributed by atoms with van der Waals surface area (Å²) in [5.41, 5.74) is 3.30. The number of nitrogens with zero attached hydrogens (tertiary/aromatic N) is 1. The number of hydrogen-bond acceptors (Lipinski definition) is 2. The second-order valence-electron chi connectivity index (χ2n) is 5.43. The Morgan fingerprint density at radius 2 is 1.27 bits per heavy atom. The molecular weight excluding hydrogens is 370 g/mol. The van der Waals surface area contributed by atoms with Crippen molar-refractivity contribution in [1.82, 2.24) is 0 Å². The third-order valence-electron chi connectivity index (χ3n) is 3.21. The van der Waals surface area contributed by atoms with Crippen LogP contribution >= 0.6 is 0 Å². The molecule has 0 atom stereocenters. The van der Waals surface area contributed by atoms with Crippen LogP contribution in [-0.2, 0) is 36.1 Å². The Hall–Kier alpha value is -2.34. The number of aliphatic imine (C=N–C) groups is 1. The number of rotatable bonds is 2. The maximum atomic E-state index is 7.50. The van der Waals surface area contributed by atoms with Gasteiger partial charge in [-0.15, -0.1) is 0 Å². The zero-order chi connectivity index (χ0) is 19.3. The van der Waals surface area contributed by atoms with Crippen LogP contribution in [0.2, 0.25) is 0 Å². The summed E-state index contributed by atoms with van der Waals surface area (Å²) in [4.78, 5) is 4.67. The van der Waals surface area contributed by atoms with Gasteiger partial charge in [0.05, 0.1) is 5.54 Å². The first-order chi connectivity index (χ1) is 12.2. The van der Waals surface area contributed by atoms with Crippen molar-refractivity contribution < 1.29 is 36.1 Å². The van der Waals surface area contributed by atoms with E-state index in [2.05, 4.69) is 63.1 Å². The van der Waals surface area contributed by atoms with Crippen LogP contribution < -0.4 is 0 Å². The van der Waals surface area contributed by atoms with Crippen LogP contribution in [0.4, 0.5) is 0 Å². The Morgan fingerprint density at radius 3 is 1.73 bits per heavy atom. The van der Waals surface area contributed by atoms with E-state index in [0.717, 1.165) is 11.5 Å². The predicted octanol–water partition coefficient (Wildman–Crippen LogP) is 3.79. The van der Waals surface area contributed by atoms with Gasteiger partial charge in [-0.1, -0.05) is 48.5 Å². The van der Waals surface area contributed by atoms with Crippen LogP contribution in [0.15, 0.2) is 59.6 Å². The first kappa shape index (κ1) is 25.9. The Labute approximate surface area is 164 Å². The first-order valence-electron chi connectivity index (χ1n) is 7.14. The molecule has 2 aromatic carbocycles. The number of hydrogen-bond donors (Lipinski definition) is 0. The zero-order valence-electron chi connectivity index (χ0n) is 14.4. The molecule has 5 nitrogen and oxygen atoms in total. The molecule has 6 heteroatoms. The van der Waals surface area contributed by atoms with Crippen LogP contribution in [0, 0.1) is 20.0 Å². The summed E-state index contributed by atoms with van der Waals surface area (Å²) in [7, 11) is 0. The second-order valence-corrected chi connectivity index (χ2v) is 5.43. The molecule has 0 fully saturated rings. The van der Waals surface area contributed by atoms with Crippen LogP contribution in [0.3, 0.4) is 0 Å². The van der Waals surface area contributed by atoms with Crippen molar-refractivity contribution in [3.63, 3.8) is 0 Å². The molecule has 0 bridgehead atoms. The summed E-state index contributed by atoms with van der Waals surface area (Å²) in [6.07, 6.45) is 0. The molecule has 0 saturated carbocycles. The molecule has 0 aromatic heterocycles. The minimum Gasteiger partial charge on any atom is 0 e. The van der Waals surface area contributed by atoms with Gasteiger partial charge in [-0.3, -0.25) is 0 Å². The smallest absolute Gasteiger partial charge is 0 e. The molecule has 1 heterocycles. The van der Waals surface area contributed by atoms with Gasteiger partial charge < -0.3 is 4.74 Å². The fourth-order valence-corrected chi connectivity index (χ4v) is 2.26. The van der Waals surface area contributed by atoms with Gasteiger partial charge in [0.25, 0.3) is 0 Å². The Kier molecular flexibility index (Phi) is 13.8. The van der Waals surface area contributed by atoms with Gasteiger partial charge in [-0.05, 0) is 31.0 Å². The SMILES string of the molecule is CC1(C)COC(c2ccccc2-c2ccccc2)=N1.[C-]#[O+].[C-]#[O+].[C-]#[O+].[Cr]. The number of ether oxygens (including phenoxy) is 1. The van der Waals surface area contributed by atoms with Gasteiger partial charge in [-0.2, -0.15) is 0 Å². The molecule has 1 aliphatic heterocycles. The van der Waals surface area contributed by atoms with E-state index in [1.54, 1.807) is 0 Å². The van der Waals surface area contributed by atoms with Gasteiger partial charge in [0.1, 0.15) is 6.61 Å². The molecule has 0 amide bonds. The first-order valence-corrected chi connectivity index (χ1v) is 7.14. The minimum absolute atomic E-state index is 0. The van der Waals surface area contributed by atoms with Crippen molar-refractivity contribution in [2.24, 2.45) is 4.99 Å². The van der Waals surface area contributed by atoms with E-state index in [9.17, 15) is 0 Å². The van der Waals surface area contributed by atoms with E-state index in [4.69, 9.17) is 18.7 Å². The molecule has 0 spiro atoms. The fourth-order valence-electron chi connectivity index (χ4n) is 2.26. The monoisotopic (exact) mass is 387 g/mol. The standard InChI is InChI=1S/C17H17NO.3CO.Cr/c1-17(2)12-19-16(18-17)15-11-7-6-10-14(15)13-8-4-3-5-9-13;3*1-2;/h3-11H,12H2,1-2H3;;;;. The Bertz CT molecular complexity index is 735. The van der Waals surface area contributed by atoms with Crippen LogP contribution in [0.25, 0.3) is 11.1 Å². The molecule has 0 radical (unpaired) electrons. The van der Waals surface area contributed by atoms with E-state index in [0.29, 0.717) is 6.61 Å². The fraction of sp³-hybridized carbons (Fsp3) is 0.200. The van der Waals surface area contributed by atoms with Crippen molar-refractivity contribution in [3.8, 4) is 11.1 Å². The third kappa shape index (κ3) is 7.27. The van der Waals surface area contributed by atoms with E-state index in [1.807, 2.05) is 30.3 Å². The minimum atomic E-state index is -0.126. The Balaban J connectivity index is 0. The van der Waals surface area contributed by atoms with Crippen molar-refractivity contribution in [3.05, 3.63) is 80.1 Å². The summed E-state index contributed by atoms with van der Waals surface area (Å²) < 4.78 is 28.3. The topological polar surface area (TPSA) is 81.3 Å². The number of benzene rings is 2. The van der Waals surface area contributed by atoms with Crippen molar-refractivity contribution in [1.29, 1.82) is 0 Å². The average Bonchev–Trinajstić information content (AvgIpc) is 3.07. The van der Waals surface area contributed by atoms with Crippen molar-refractivity contribution in [2.45, 2.75) is 19.4 Å². The summed E-state index contributed by atoms with van der Waals surface area (Å²) in [6, 6.07) is 18.6. The molecule has 132 valence electrons. The quantitative estimate of drug-likeness (QED) is 0.570. The summed E-state index contributed by atoms with van der Waals surface area (Å²) in [5.74, 6) is 0.754. The van der Waals surface area contributed by atoms with Crippen LogP contribution in [0.1, 0.15) is 19.4 Å². The third-order valence-corrected chi connectivity index (χ3v) is 3.21. The van der Waals surface area contributed by atoms with Gasteiger partial charge in [0.15, 0.2) is 0 Å². The van der Waals surface area contributed by atoms with Crippen LogP contribution in [-0.4, -0.2) is 18.0 Å². The maximum absolute atomic E-state index is 7.50. The molecule has 2 aromatic rings. The van der Waals surface area contributed by atoms with Crippen LogP contribution in [0.5, 0.6) is 0 Å². The van der Waals surface area contributed by atoms with Crippen molar-refractivity contribution in [2.75, 3.05) is 6.61 Å². The summed E-state index contributed by atoms with van der Waals surface area (Å²) in [6.45, 7) is 18.3. The molecule has 0 unspecified atom stereocenters. The molecule has 0 aliphatic carbocycles. The van der Waals surface area contributed by atoms with Gasteiger partial charge in [0, 0.05) is 22.9 Å². The molecule has 26 heavy (non-hydrogen) atoms. The molecule has 0 N–H and O–H groups in total. The van der Waals surface area contributed by atoms with E-state index in [1.165, 1.54) is 11.1 Å². The van der Waals surface area contributed by atoms with E-state index in [-0.39, 0.29) is 22.9 Å². The molecule has 1 aliphatic rings. The molecule has 3 rings (SSSR count). The maximum Gasteiger partial charge on any atom is 0 e. The average molecular weight is 387 g/mol. The second kappa shape index (κ2) is 13.9. The largest absolute Gasteiger partial charge is 0 e. The van der Waals surface area contributed by atoms with E-state index >= 15 is 0 Å². The van der Waals surface area contributed by atoms with Gasteiger partial charge >= 0.3 is 33.9 Å². The molecule has 0 saturated heterocycles. The Morgan fingerprint density at radius 1 is 0.808 bits per heavy atom. The predicted molar refractivity (Wildman–Crippen MR) is 90.2 cm³/mol. The van der Waals surface area contributed by atoms with E-state index < -0.39 is 0 Å². The van der Waals surface area contributed by atoms with Crippen molar-refractivity contribution >= 4 is 5.90 Å².